The van der Waals surface area contributed by atoms with Crippen molar-refractivity contribution in [3.8, 4) is 11.5 Å². The molecule has 1 aliphatic rings. The first-order valence-electron chi connectivity index (χ1n) is 8.77. The molecule has 0 amide bonds. The number of rotatable bonds is 6. The third kappa shape index (κ3) is 4.83. The van der Waals surface area contributed by atoms with Crippen LogP contribution in [0, 0.1) is 0 Å². The molecule has 7 heteroatoms. The van der Waals surface area contributed by atoms with E-state index in [1.807, 2.05) is 12.1 Å². The number of hydrogen-bond acceptors (Lipinski definition) is 4. The van der Waals surface area contributed by atoms with Crippen LogP contribution in [0.2, 0.25) is 5.02 Å². The van der Waals surface area contributed by atoms with E-state index in [1.54, 1.807) is 24.3 Å². The molecule has 0 saturated heterocycles. The van der Waals surface area contributed by atoms with E-state index in [2.05, 4.69) is 4.90 Å². The third-order valence-corrected chi connectivity index (χ3v) is 4.59. The first-order chi connectivity index (χ1) is 12.9. The van der Waals surface area contributed by atoms with E-state index in [9.17, 15) is 9.18 Å². The van der Waals surface area contributed by atoms with Crippen LogP contribution >= 0.6 is 11.6 Å². The summed E-state index contributed by atoms with van der Waals surface area (Å²) >= 11 is 6.15. The van der Waals surface area contributed by atoms with Crippen molar-refractivity contribution in [3.05, 3.63) is 52.5 Å². The number of ether oxygens (including phenoxy) is 2. The molecular weight excluding hydrogens is 373 g/mol. The second-order valence-corrected chi connectivity index (χ2v) is 6.93. The zero-order chi connectivity index (χ0) is 19.4. The molecule has 3 rings (SSSR count). The van der Waals surface area contributed by atoms with Crippen molar-refractivity contribution in [3.63, 3.8) is 0 Å². The monoisotopic (exact) mass is 393 g/mol. The first kappa shape index (κ1) is 19.3. The van der Waals surface area contributed by atoms with Crippen molar-refractivity contribution < 1.29 is 23.8 Å². The molecule has 0 bridgehead atoms. The lowest BCUT2D eigenvalue weighted by molar-refractivity contribution is 0.144. The summed E-state index contributed by atoms with van der Waals surface area (Å²) < 4.78 is 23.7. The van der Waals surface area contributed by atoms with Crippen LogP contribution in [-0.4, -0.2) is 30.6 Å². The lowest BCUT2D eigenvalue weighted by Crippen LogP contribution is -2.29. The van der Waals surface area contributed by atoms with Gasteiger partial charge in [-0.05, 0) is 50.1 Å². The number of hydrogen-bond donors (Lipinski definition) is 1. The fourth-order valence-electron chi connectivity index (χ4n) is 3.25. The Bertz CT molecular complexity index is 828. The van der Waals surface area contributed by atoms with Gasteiger partial charge in [0.05, 0.1) is 0 Å². The summed E-state index contributed by atoms with van der Waals surface area (Å²) in [5, 5.41) is 9.52. The molecule has 1 N–H and O–H groups in total. The van der Waals surface area contributed by atoms with Crippen LogP contribution in [0.4, 0.5) is 14.9 Å². The Morgan fingerprint density at radius 2 is 2.15 bits per heavy atom. The Morgan fingerprint density at radius 1 is 1.33 bits per heavy atom. The fraction of sp³-hybridized carbons (Fsp3) is 0.350. The van der Waals surface area contributed by atoms with E-state index in [0.717, 1.165) is 36.2 Å². The summed E-state index contributed by atoms with van der Waals surface area (Å²) in [6.07, 6.45) is -0.787. The van der Waals surface area contributed by atoms with Crippen molar-refractivity contribution in [2.24, 2.45) is 0 Å². The number of nitrogens with zero attached hydrogens (tertiary/aromatic N) is 1. The highest BCUT2D eigenvalue weighted by Crippen LogP contribution is 2.36. The highest BCUT2D eigenvalue weighted by Gasteiger charge is 2.22. The maximum Gasteiger partial charge on any atom is 0.511 e. The van der Waals surface area contributed by atoms with E-state index >= 15 is 0 Å². The summed E-state index contributed by atoms with van der Waals surface area (Å²) in [5.74, 6) is 0.951. The Balaban J connectivity index is 1.88. The van der Waals surface area contributed by atoms with Crippen molar-refractivity contribution in [2.45, 2.75) is 32.5 Å². The highest BCUT2D eigenvalue weighted by atomic mass is 35.5. The SMILES string of the molecule is CC(F)COc1ccc(Cl)cc1CN1CCCc2c(OC(=O)O)cccc21. The maximum atomic E-state index is 13.2. The van der Waals surface area contributed by atoms with Crippen molar-refractivity contribution >= 4 is 23.4 Å². The van der Waals surface area contributed by atoms with Gasteiger partial charge >= 0.3 is 6.16 Å². The van der Waals surface area contributed by atoms with Crippen LogP contribution < -0.4 is 14.4 Å². The van der Waals surface area contributed by atoms with Gasteiger partial charge in [0, 0.05) is 34.9 Å². The molecule has 0 aromatic heterocycles. The molecular formula is C20H21ClFNO4. The predicted octanol–water partition coefficient (Wildman–Crippen LogP) is 5.09. The highest BCUT2D eigenvalue weighted by molar-refractivity contribution is 6.30. The van der Waals surface area contributed by atoms with Gasteiger partial charge in [-0.2, -0.15) is 0 Å². The average molecular weight is 394 g/mol. The molecule has 144 valence electrons. The van der Waals surface area contributed by atoms with Crippen molar-refractivity contribution in [1.29, 1.82) is 0 Å². The van der Waals surface area contributed by atoms with E-state index in [-0.39, 0.29) is 6.61 Å². The molecule has 1 atom stereocenters. The zero-order valence-electron chi connectivity index (χ0n) is 15.0. The van der Waals surface area contributed by atoms with Crippen LogP contribution in [0.25, 0.3) is 0 Å². The Morgan fingerprint density at radius 3 is 2.89 bits per heavy atom. The fourth-order valence-corrected chi connectivity index (χ4v) is 3.44. The number of alkyl halides is 1. The molecule has 1 unspecified atom stereocenters. The first-order valence-corrected chi connectivity index (χ1v) is 9.14. The Hall–Kier alpha value is -2.47. The number of anilines is 1. The van der Waals surface area contributed by atoms with E-state index in [4.69, 9.17) is 26.2 Å². The summed E-state index contributed by atoms with van der Waals surface area (Å²) in [6.45, 7) is 2.73. The molecule has 5 nitrogen and oxygen atoms in total. The van der Waals surface area contributed by atoms with Crippen LogP contribution in [0.15, 0.2) is 36.4 Å². The summed E-state index contributed by atoms with van der Waals surface area (Å²) in [7, 11) is 0. The number of benzene rings is 2. The second kappa shape index (κ2) is 8.48. The minimum atomic E-state index is -1.33. The zero-order valence-corrected chi connectivity index (χ0v) is 15.7. The number of halogens is 2. The molecule has 0 saturated carbocycles. The Labute approximate surface area is 162 Å². The summed E-state index contributed by atoms with van der Waals surface area (Å²) in [4.78, 5) is 13.1. The van der Waals surface area contributed by atoms with Crippen LogP contribution in [-0.2, 0) is 13.0 Å². The van der Waals surface area contributed by atoms with Crippen LogP contribution in [0.5, 0.6) is 11.5 Å². The standard InChI is InChI=1S/C20H21ClFNO4/c1-13(22)12-26-18-8-7-15(21)10-14(18)11-23-9-3-4-16-17(23)5-2-6-19(16)27-20(24)25/h2,5-8,10,13H,3-4,9,11-12H2,1H3,(H,24,25). The topological polar surface area (TPSA) is 59.0 Å². The smallest absolute Gasteiger partial charge is 0.490 e. The van der Waals surface area contributed by atoms with Gasteiger partial charge in [-0.25, -0.2) is 9.18 Å². The maximum absolute atomic E-state index is 13.2. The van der Waals surface area contributed by atoms with E-state index in [1.165, 1.54) is 6.92 Å². The summed E-state index contributed by atoms with van der Waals surface area (Å²) in [5.41, 5.74) is 2.64. The predicted molar refractivity (Wildman–Crippen MR) is 102 cm³/mol. The molecule has 27 heavy (non-hydrogen) atoms. The molecule has 1 heterocycles. The molecule has 0 aliphatic carbocycles. The van der Waals surface area contributed by atoms with E-state index in [0.29, 0.717) is 23.1 Å². The van der Waals surface area contributed by atoms with Gasteiger partial charge in [-0.1, -0.05) is 17.7 Å². The van der Waals surface area contributed by atoms with Crippen molar-refractivity contribution in [1.82, 2.24) is 0 Å². The minimum Gasteiger partial charge on any atom is -0.490 e. The number of carbonyl (C=O) groups is 1. The second-order valence-electron chi connectivity index (χ2n) is 6.49. The Kier molecular flexibility index (Phi) is 6.06. The summed E-state index contributed by atoms with van der Waals surface area (Å²) in [6, 6.07) is 10.6. The van der Waals surface area contributed by atoms with Crippen molar-refractivity contribution in [2.75, 3.05) is 18.1 Å². The van der Waals surface area contributed by atoms with Gasteiger partial charge in [0.15, 0.2) is 0 Å². The van der Waals surface area contributed by atoms with Gasteiger partial charge < -0.3 is 19.5 Å². The minimum absolute atomic E-state index is 0.0260. The van der Waals surface area contributed by atoms with Gasteiger partial charge in [0.1, 0.15) is 24.3 Å². The van der Waals surface area contributed by atoms with Crippen LogP contribution in [0.1, 0.15) is 24.5 Å². The average Bonchev–Trinajstić information content (AvgIpc) is 2.61. The van der Waals surface area contributed by atoms with E-state index < -0.39 is 12.3 Å². The molecule has 1 aliphatic heterocycles. The quantitative estimate of drug-likeness (QED) is 0.547. The third-order valence-electron chi connectivity index (χ3n) is 4.35. The largest absolute Gasteiger partial charge is 0.511 e. The molecule has 0 fully saturated rings. The van der Waals surface area contributed by atoms with Gasteiger partial charge in [0.25, 0.3) is 0 Å². The molecule has 0 radical (unpaired) electrons. The lowest BCUT2D eigenvalue weighted by atomic mass is 10.00. The van der Waals surface area contributed by atoms with Gasteiger partial charge in [-0.15, -0.1) is 0 Å². The van der Waals surface area contributed by atoms with Gasteiger partial charge in [0.2, 0.25) is 0 Å². The van der Waals surface area contributed by atoms with Gasteiger partial charge in [-0.3, -0.25) is 0 Å². The molecule has 2 aromatic carbocycles. The van der Waals surface area contributed by atoms with Crippen LogP contribution in [0.3, 0.4) is 0 Å². The molecule has 0 spiro atoms. The lowest BCUT2D eigenvalue weighted by Gasteiger charge is -2.32. The normalized spacial score (nSPS) is 14.4. The number of fused-ring (bicyclic) bond motifs is 1. The molecule has 2 aromatic rings. The number of carboxylic acid groups (broad SMARTS) is 1.